The molecule has 3 nitrogen and oxygen atoms in total. The van der Waals surface area contributed by atoms with Gasteiger partial charge in [-0.2, -0.15) is 0 Å². The van der Waals surface area contributed by atoms with E-state index in [4.69, 9.17) is 9.40 Å². The summed E-state index contributed by atoms with van der Waals surface area (Å²) in [5, 5.41) is 2.22. The van der Waals surface area contributed by atoms with E-state index in [2.05, 4.69) is 168 Å². The van der Waals surface area contributed by atoms with E-state index in [-0.39, 0.29) is 25.5 Å². The molecule has 0 aliphatic carbocycles. The number of pyridine rings is 2. The molecule has 3 heterocycles. The Bertz CT molecular complexity index is 2290. The average molecular weight is 924 g/mol. The summed E-state index contributed by atoms with van der Waals surface area (Å²) in [5.74, 6) is 8.28. The largest absolute Gasteiger partial charge is 0 e. The van der Waals surface area contributed by atoms with E-state index < -0.39 is 13.3 Å². The van der Waals surface area contributed by atoms with E-state index in [0.29, 0.717) is 11.8 Å². The topological polar surface area (TPSA) is 38.9 Å². The zero-order valence-corrected chi connectivity index (χ0v) is 36.7. The molecule has 1 radical (unpaired) electrons. The number of rotatable bonds is 6. The predicted molar refractivity (Wildman–Crippen MR) is 219 cm³/mol. The molecule has 0 aliphatic rings. The number of hydrogen-bond donors (Lipinski definition) is 0. The van der Waals surface area contributed by atoms with E-state index in [1.165, 1.54) is 26.6 Å². The van der Waals surface area contributed by atoms with Crippen LogP contribution in [0, 0.1) is 25.0 Å². The Morgan fingerprint density at radius 1 is 0.731 bits per heavy atom. The molecule has 0 saturated carbocycles. The second kappa shape index (κ2) is 16.0. The number of benzene rings is 4. The third-order valence-corrected chi connectivity index (χ3v) is 14.5. The molecule has 52 heavy (non-hydrogen) atoms. The molecule has 0 amide bonds. The van der Waals surface area contributed by atoms with Crippen molar-refractivity contribution in [2.75, 3.05) is 0 Å². The van der Waals surface area contributed by atoms with Crippen molar-refractivity contribution in [2.24, 2.45) is 5.92 Å². The fourth-order valence-electron chi connectivity index (χ4n) is 6.56. The number of aromatic nitrogens is 2. The SMILES string of the molecule is CC(C)C(C)c1ccnc(-c2[c-]ccc3c2oc2cc(-c4ccccc4)ccc23)c1.Cc1cc(-c2[c-]ccc(C(C)(C)C)c2)nc[c]1[Ge]([CH3])([CH3])[CH3].[Ir]. The van der Waals surface area contributed by atoms with Crippen molar-refractivity contribution in [3.05, 3.63) is 138 Å². The van der Waals surface area contributed by atoms with Gasteiger partial charge in [0.25, 0.3) is 0 Å². The van der Waals surface area contributed by atoms with Crippen molar-refractivity contribution in [3.63, 3.8) is 0 Å². The van der Waals surface area contributed by atoms with E-state index in [1.54, 1.807) is 0 Å². The summed E-state index contributed by atoms with van der Waals surface area (Å²) in [6.45, 7) is 15.7. The maximum Gasteiger partial charge on any atom is 0 e. The van der Waals surface area contributed by atoms with Crippen molar-refractivity contribution in [2.45, 2.75) is 77.1 Å². The third-order valence-electron chi connectivity index (χ3n) is 9.97. The van der Waals surface area contributed by atoms with Crippen LogP contribution in [0.2, 0.25) is 17.3 Å². The Balaban J connectivity index is 0.000000210. The third kappa shape index (κ3) is 8.68. The maximum atomic E-state index is 6.38. The minimum absolute atomic E-state index is 0. The van der Waals surface area contributed by atoms with Crippen LogP contribution >= 0.6 is 0 Å². The van der Waals surface area contributed by atoms with Gasteiger partial charge in [-0.05, 0) is 40.8 Å². The van der Waals surface area contributed by atoms with Gasteiger partial charge in [0.05, 0.1) is 5.58 Å². The summed E-state index contributed by atoms with van der Waals surface area (Å²) in [6, 6.07) is 40.5. The molecular weight excluding hydrogens is 873 g/mol. The van der Waals surface area contributed by atoms with Crippen LogP contribution in [0.25, 0.3) is 55.6 Å². The molecule has 4 aromatic carbocycles. The predicted octanol–water partition coefficient (Wildman–Crippen LogP) is 12.6. The molecule has 0 saturated heterocycles. The van der Waals surface area contributed by atoms with Crippen LogP contribution in [0.4, 0.5) is 0 Å². The average Bonchev–Trinajstić information content (AvgIpc) is 3.49. The van der Waals surface area contributed by atoms with Crippen LogP contribution < -0.4 is 4.40 Å². The van der Waals surface area contributed by atoms with Crippen LogP contribution in [-0.4, -0.2) is 23.2 Å². The zero-order chi connectivity index (χ0) is 36.5. The van der Waals surface area contributed by atoms with Crippen LogP contribution in [0.5, 0.6) is 0 Å². The van der Waals surface area contributed by atoms with Gasteiger partial charge in [-0.25, -0.2) is 0 Å². The molecule has 3 aromatic heterocycles. The Kier molecular flexibility index (Phi) is 12.2. The first-order valence-electron chi connectivity index (χ1n) is 18.1. The summed E-state index contributed by atoms with van der Waals surface area (Å²) < 4.78 is 7.87. The first-order valence-corrected chi connectivity index (χ1v) is 25.4. The molecule has 7 rings (SSSR count). The molecular formula is C47H50GeIrN2O-2. The van der Waals surface area contributed by atoms with E-state index >= 15 is 0 Å². The molecule has 7 aromatic rings. The van der Waals surface area contributed by atoms with Gasteiger partial charge in [-0.3, -0.25) is 0 Å². The first kappa shape index (κ1) is 39.4. The second-order valence-corrected chi connectivity index (χ2v) is 26.7. The summed E-state index contributed by atoms with van der Waals surface area (Å²) >= 11 is -1.82. The van der Waals surface area contributed by atoms with Crippen molar-refractivity contribution < 1.29 is 24.5 Å². The Hall–Kier alpha value is -3.83. The zero-order valence-electron chi connectivity index (χ0n) is 32.2. The number of aryl methyl sites for hydroxylation is 1. The monoisotopic (exact) mass is 925 g/mol. The van der Waals surface area contributed by atoms with Crippen LogP contribution in [0.15, 0.2) is 114 Å². The van der Waals surface area contributed by atoms with Gasteiger partial charge >= 0.3 is 132 Å². The smallest absolute Gasteiger partial charge is 0 e. The van der Waals surface area contributed by atoms with Gasteiger partial charge in [-0.1, -0.05) is 85.8 Å². The molecule has 0 N–H and O–H groups in total. The van der Waals surface area contributed by atoms with Crippen LogP contribution in [-0.2, 0) is 25.5 Å². The molecule has 1 unspecified atom stereocenters. The second-order valence-electron chi connectivity index (χ2n) is 16.2. The van der Waals surface area contributed by atoms with Crippen LogP contribution in [0.1, 0.15) is 64.2 Å². The van der Waals surface area contributed by atoms with Gasteiger partial charge in [0.15, 0.2) is 0 Å². The van der Waals surface area contributed by atoms with Crippen molar-refractivity contribution in [1.82, 2.24) is 9.97 Å². The van der Waals surface area contributed by atoms with Gasteiger partial charge in [0, 0.05) is 31.7 Å². The maximum absolute atomic E-state index is 6.38. The molecule has 0 bridgehead atoms. The first-order chi connectivity index (χ1) is 24.2. The molecule has 0 aliphatic heterocycles. The Morgan fingerprint density at radius 3 is 2.13 bits per heavy atom. The van der Waals surface area contributed by atoms with Crippen molar-refractivity contribution in [3.8, 4) is 33.6 Å². The molecule has 1 atom stereocenters. The van der Waals surface area contributed by atoms with Crippen LogP contribution in [0.3, 0.4) is 0 Å². The molecule has 5 heteroatoms. The van der Waals surface area contributed by atoms with E-state index in [1.807, 2.05) is 24.4 Å². The normalized spacial score (nSPS) is 12.4. The van der Waals surface area contributed by atoms with Gasteiger partial charge in [0.2, 0.25) is 0 Å². The molecule has 0 spiro atoms. The minimum atomic E-state index is -1.82. The summed E-state index contributed by atoms with van der Waals surface area (Å²) in [6.07, 6.45) is 3.99. The van der Waals surface area contributed by atoms with E-state index in [0.717, 1.165) is 50.0 Å². The summed E-state index contributed by atoms with van der Waals surface area (Å²) in [5.41, 5.74) is 12.2. The fourth-order valence-corrected chi connectivity index (χ4v) is 10.1. The number of fused-ring (bicyclic) bond motifs is 3. The molecule has 269 valence electrons. The Labute approximate surface area is 327 Å². The van der Waals surface area contributed by atoms with Gasteiger partial charge in [-0.15, -0.1) is 18.2 Å². The van der Waals surface area contributed by atoms with E-state index in [9.17, 15) is 0 Å². The number of hydrogen-bond acceptors (Lipinski definition) is 3. The summed E-state index contributed by atoms with van der Waals surface area (Å²) in [7, 11) is 0. The molecule has 0 fully saturated rings. The van der Waals surface area contributed by atoms with Crippen molar-refractivity contribution in [1.29, 1.82) is 0 Å². The van der Waals surface area contributed by atoms with Gasteiger partial charge in [0.1, 0.15) is 5.58 Å². The standard InChI is InChI=1S/C28H24NO.C19H26GeN.Ir/c1-18(2)19(3)21-14-15-29-26(16-21)25-11-7-10-24-23-13-12-22(17-27(23)30-28(24)25)20-8-5-4-6-9-20;1-14-11-18(21-13-17(14)20(5,6)7)15-9-8-10-16(12-15)19(2,3)4;/h4-10,12-19H,1-3H3;8,10-13H,1-7H3;/q2*-1;. The minimum Gasteiger partial charge on any atom is 0 e. The number of furan rings is 1. The number of nitrogens with zero attached hydrogens (tertiary/aromatic N) is 2. The summed E-state index contributed by atoms with van der Waals surface area (Å²) in [4.78, 5) is 9.36. The quantitative estimate of drug-likeness (QED) is 0.123. The fraction of sp³-hybridized carbons (Fsp3) is 0.277. The Morgan fingerprint density at radius 2 is 1.46 bits per heavy atom. The van der Waals surface area contributed by atoms with Crippen molar-refractivity contribution >= 4 is 39.6 Å². The van der Waals surface area contributed by atoms with Gasteiger partial charge < -0.3 is 9.40 Å².